The van der Waals surface area contributed by atoms with E-state index in [1.807, 2.05) is 24.0 Å². The van der Waals surface area contributed by atoms with E-state index in [0.717, 1.165) is 24.0 Å². The van der Waals surface area contributed by atoms with Crippen LogP contribution in [0, 0.1) is 6.92 Å². The van der Waals surface area contributed by atoms with Gasteiger partial charge < -0.3 is 14.2 Å². The van der Waals surface area contributed by atoms with Crippen molar-refractivity contribution in [3.8, 4) is 0 Å². The second kappa shape index (κ2) is 8.88. The van der Waals surface area contributed by atoms with Gasteiger partial charge in [-0.15, -0.1) is 11.3 Å². The number of hydrogen-bond donors (Lipinski definition) is 0. The molecule has 3 heterocycles. The van der Waals surface area contributed by atoms with Crippen molar-refractivity contribution in [1.29, 1.82) is 0 Å². The Balaban J connectivity index is 1.63. The van der Waals surface area contributed by atoms with Crippen molar-refractivity contribution in [1.82, 2.24) is 9.80 Å². The molecule has 1 aliphatic rings. The van der Waals surface area contributed by atoms with Gasteiger partial charge in [-0.3, -0.25) is 9.59 Å². The van der Waals surface area contributed by atoms with Gasteiger partial charge in [0.1, 0.15) is 6.54 Å². The fraction of sp³-hybridized carbons (Fsp3) is 0.333. The van der Waals surface area contributed by atoms with Gasteiger partial charge in [-0.25, -0.2) is 0 Å². The summed E-state index contributed by atoms with van der Waals surface area (Å²) in [6.07, 6.45) is 3.10. The molecule has 30 heavy (non-hydrogen) atoms. The number of carbonyl (C=O) groups is 2. The van der Waals surface area contributed by atoms with Crippen molar-refractivity contribution < 1.29 is 14.0 Å². The third kappa shape index (κ3) is 3.92. The first kappa shape index (κ1) is 20.4. The molecular formula is C24H26N2O3S. The monoisotopic (exact) mass is 422 g/mol. The van der Waals surface area contributed by atoms with Gasteiger partial charge in [-0.2, -0.15) is 0 Å². The SMILES string of the molecule is CCCN(CC(=O)N1CCc2sccc2C1c1ccccc1C)C(=O)c1ccco1. The Hall–Kier alpha value is -2.86. The lowest BCUT2D eigenvalue weighted by Gasteiger charge is -2.38. The molecule has 0 saturated heterocycles. The number of benzene rings is 1. The van der Waals surface area contributed by atoms with Crippen LogP contribution in [-0.2, 0) is 11.2 Å². The van der Waals surface area contributed by atoms with Crippen LogP contribution in [0.5, 0.6) is 0 Å². The highest BCUT2D eigenvalue weighted by Gasteiger charge is 2.34. The highest BCUT2D eigenvalue weighted by molar-refractivity contribution is 7.10. The Kier molecular flexibility index (Phi) is 6.04. The van der Waals surface area contributed by atoms with E-state index in [1.54, 1.807) is 28.4 Å². The van der Waals surface area contributed by atoms with Gasteiger partial charge in [0, 0.05) is 18.0 Å². The van der Waals surface area contributed by atoms with Crippen LogP contribution in [0.2, 0.25) is 0 Å². The topological polar surface area (TPSA) is 53.8 Å². The highest BCUT2D eigenvalue weighted by atomic mass is 32.1. The van der Waals surface area contributed by atoms with E-state index < -0.39 is 0 Å². The van der Waals surface area contributed by atoms with Gasteiger partial charge in [0.15, 0.2) is 5.76 Å². The zero-order valence-electron chi connectivity index (χ0n) is 17.3. The van der Waals surface area contributed by atoms with Crippen LogP contribution in [0.1, 0.15) is 51.5 Å². The Morgan fingerprint density at radius 3 is 2.73 bits per heavy atom. The highest BCUT2D eigenvalue weighted by Crippen LogP contribution is 2.39. The Morgan fingerprint density at radius 1 is 1.17 bits per heavy atom. The summed E-state index contributed by atoms with van der Waals surface area (Å²) in [6, 6.07) is 13.6. The molecule has 2 aromatic heterocycles. The first-order valence-corrected chi connectivity index (χ1v) is 11.2. The fourth-order valence-corrected chi connectivity index (χ4v) is 5.05. The second-order valence-electron chi connectivity index (χ2n) is 7.60. The third-order valence-corrected chi connectivity index (χ3v) is 6.60. The quantitative estimate of drug-likeness (QED) is 0.580. The van der Waals surface area contributed by atoms with Crippen molar-refractivity contribution >= 4 is 23.2 Å². The number of carbonyl (C=O) groups excluding carboxylic acids is 2. The van der Waals surface area contributed by atoms with Crippen molar-refractivity contribution in [2.24, 2.45) is 0 Å². The second-order valence-corrected chi connectivity index (χ2v) is 8.60. The maximum absolute atomic E-state index is 13.5. The molecule has 2 amide bonds. The maximum Gasteiger partial charge on any atom is 0.290 e. The number of amides is 2. The zero-order chi connectivity index (χ0) is 21.1. The molecule has 0 aliphatic carbocycles. The third-order valence-electron chi connectivity index (χ3n) is 5.61. The minimum Gasteiger partial charge on any atom is -0.459 e. The average Bonchev–Trinajstić information content (AvgIpc) is 3.44. The summed E-state index contributed by atoms with van der Waals surface area (Å²) in [7, 11) is 0. The van der Waals surface area contributed by atoms with Crippen molar-refractivity contribution in [3.63, 3.8) is 0 Å². The van der Waals surface area contributed by atoms with E-state index in [-0.39, 0.29) is 30.2 Å². The van der Waals surface area contributed by atoms with Crippen molar-refractivity contribution in [2.75, 3.05) is 19.6 Å². The number of furan rings is 1. The van der Waals surface area contributed by atoms with Crippen LogP contribution in [0.15, 0.2) is 58.5 Å². The van der Waals surface area contributed by atoms with Gasteiger partial charge in [-0.05, 0) is 60.0 Å². The molecule has 1 unspecified atom stereocenters. The number of thiophene rings is 1. The van der Waals surface area contributed by atoms with E-state index >= 15 is 0 Å². The van der Waals surface area contributed by atoms with Gasteiger partial charge in [0.2, 0.25) is 5.91 Å². The zero-order valence-corrected chi connectivity index (χ0v) is 18.2. The van der Waals surface area contributed by atoms with Crippen molar-refractivity contribution in [3.05, 3.63) is 81.4 Å². The van der Waals surface area contributed by atoms with E-state index in [1.165, 1.54) is 16.7 Å². The largest absolute Gasteiger partial charge is 0.459 e. The Bertz CT molecular complexity index is 1020. The molecule has 0 bridgehead atoms. The van der Waals surface area contributed by atoms with Gasteiger partial charge in [0.25, 0.3) is 5.91 Å². The summed E-state index contributed by atoms with van der Waals surface area (Å²) in [6.45, 7) is 5.30. The Morgan fingerprint density at radius 2 is 2.00 bits per heavy atom. The number of aryl methyl sites for hydroxylation is 1. The Labute approximate surface area is 180 Å². The smallest absolute Gasteiger partial charge is 0.290 e. The molecule has 1 aliphatic heterocycles. The first-order valence-electron chi connectivity index (χ1n) is 10.3. The standard InChI is InChI=1S/C24H26N2O3S/c1-3-12-25(24(28)20-9-6-14-29-20)16-22(27)26-13-10-21-19(11-15-30-21)23(26)18-8-5-4-7-17(18)2/h4-9,11,14-15,23H,3,10,12-13,16H2,1-2H3. The van der Waals surface area contributed by atoms with Gasteiger partial charge in [0.05, 0.1) is 12.3 Å². The summed E-state index contributed by atoms with van der Waals surface area (Å²) in [5.41, 5.74) is 3.51. The van der Waals surface area contributed by atoms with E-state index in [2.05, 4.69) is 30.5 Å². The molecule has 156 valence electrons. The molecule has 0 radical (unpaired) electrons. The molecule has 5 nitrogen and oxygen atoms in total. The summed E-state index contributed by atoms with van der Waals surface area (Å²) >= 11 is 1.75. The molecule has 6 heteroatoms. The van der Waals surface area contributed by atoms with Gasteiger partial charge >= 0.3 is 0 Å². The minimum atomic E-state index is -0.240. The molecule has 1 aromatic carbocycles. The van der Waals surface area contributed by atoms with Crippen LogP contribution in [-0.4, -0.2) is 41.2 Å². The van der Waals surface area contributed by atoms with E-state index in [4.69, 9.17) is 4.42 Å². The maximum atomic E-state index is 13.5. The lowest BCUT2D eigenvalue weighted by atomic mass is 9.90. The number of hydrogen-bond acceptors (Lipinski definition) is 4. The summed E-state index contributed by atoms with van der Waals surface area (Å²) < 4.78 is 5.28. The van der Waals surface area contributed by atoms with Crippen LogP contribution in [0.25, 0.3) is 0 Å². The summed E-state index contributed by atoms with van der Waals surface area (Å²) in [5.74, 6) is -0.00481. The normalized spacial score (nSPS) is 15.7. The molecule has 1 atom stereocenters. The summed E-state index contributed by atoms with van der Waals surface area (Å²) in [5, 5.41) is 2.10. The minimum absolute atomic E-state index is 0.0338. The number of fused-ring (bicyclic) bond motifs is 1. The molecule has 0 spiro atoms. The predicted molar refractivity (Wildman–Crippen MR) is 118 cm³/mol. The average molecular weight is 423 g/mol. The van der Waals surface area contributed by atoms with Gasteiger partial charge in [-0.1, -0.05) is 31.2 Å². The molecule has 3 aromatic rings. The van der Waals surface area contributed by atoms with Crippen LogP contribution in [0.3, 0.4) is 0 Å². The molecule has 0 saturated carbocycles. The first-order chi connectivity index (χ1) is 14.6. The molecule has 4 rings (SSSR count). The molecule has 0 N–H and O–H groups in total. The fourth-order valence-electron chi connectivity index (χ4n) is 4.15. The summed E-state index contributed by atoms with van der Waals surface area (Å²) in [4.78, 5) is 31.2. The van der Waals surface area contributed by atoms with Crippen molar-refractivity contribution in [2.45, 2.75) is 32.7 Å². The van der Waals surface area contributed by atoms with E-state index in [0.29, 0.717) is 13.1 Å². The molecular weight excluding hydrogens is 396 g/mol. The predicted octanol–water partition coefficient (Wildman–Crippen LogP) is 4.68. The molecule has 0 fully saturated rings. The lowest BCUT2D eigenvalue weighted by Crippen LogP contribution is -2.47. The van der Waals surface area contributed by atoms with E-state index in [9.17, 15) is 9.59 Å². The van der Waals surface area contributed by atoms with Crippen LogP contribution < -0.4 is 0 Å². The van der Waals surface area contributed by atoms with Crippen LogP contribution in [0.4, 0.5) is 0 Å². The lowest BCUT2D eigenvalue weighted by molar-refractivity contribution is -0.134. The number of nitrogens with zero attached hydrogens (tertiary/aromatic N) is 2. The van der Waals surface area contributed by atoms with Crippen LogP contribution >= 0.6 is 11.3 Å². The number of rotatable bonds is 6.